The number of hydrazine groups is 1. The lowest BCUT2D eigenvalue weighted by Gasteiger charge is -2.27. The summed E-state index contributed by atoms with van der Waals surface area (Å²) in [5.74, 6) is -0.256. The summed E-state index contributed by atoms with van der Waals surface area (Å²) < 4.78 is 0. The van der Waals surface area contributed by atoms with E-state index in [2.05, 4.69) is 20.8 Å². The van der Waals surface area contributed by atoms with Crippen molar-refractivity contribution in [1.82, 2.24) is 15.4 Å². The van der Waals surface area contributed by atoms with E-state index < -0.39 is 10.8 Å². The van der Waals surface area contributed by atoms with Crippen LogP contribution in [0.4, 0.5) is 17.3 Å². The Morgan fingerprint density at radius 1 is 0.914 bits per heavy atom. The fourth-order valence-electron chi connectivity index (χ4n) is 3.97. The average molecular weight is 477 g/mol. The molecule has 1 aromatic heterocycles. The number of carbonyl (C=O) groups excluding carboxylic acids is 1. The summed E-state index contributed by atoms with van der Waals surface area (Å²) >= 11 is 0. The molecule has 0 aliphatic rings. The highest BCUT2D eigenvalue weighted by Gasteiger charge is 2.29. The molecule has 0 aliphatic carbocycles. The molecule has 35 heavy (non-hydrogen) atoms. The van der Waals surface area contributed by atoms with Crippen molar-refractivity contribution in [2.45, 2.75) is 33.6 Å². The number of hydrogen-bond acceptors (Lipinski definition) is 7. The van der Waals surface area contributed by atoms with Gasteiger partial charge in [-0.15, -0.1) is 0 Å². The highest BCUT2D eigenvalue weighted by Crippen LogP contribution is 2.32. The third kappa shape index (κ3) is 6.75. The molecule has 184 valence electrons. The molecule has 0 spiro atoms. The van der Waals surface area contributed by atoms with E-state index >= 15 is 0 Å². The topological polar surface area (TPSA) is 113 Å². The minimum Gasteiger partial charge on any atom is -0.350 e. The molecule has 1 amide bonds. The summed E-state index contributed by atoms with van der Waals surface area (Å²) in [5, 5.41) is 12.1. The highest BCUT2D eigenvalue weighted by molar-refractivity contribution is 5.88. The number of amides is 1. The molecular formula is C26H32N6O3. The largest absolute Gasteiger partial charge is 0.355 e. The molecule has 0 fully saturated rings. The van der Waals surface area contributed by atoms with Gasteiger partial charge in [0.25, 0.3) is 0 Å². The second-order valence-corrected chi connectivity index (χ2v) is 9.21. The molecule has 2 N–H and O–H groups in total. The molecule has 0 saturated carbocycles. The third-order valence-corrected chi connectivity index (χ3v) is 5.29. The van der Waals surface area contributed by atoms with Crippen LogP contribution in [0.25, 0.3) is 0 Å². The minimum absolute atomic E-state index is 0.0641. The number of benzene rings is 2. The molecule has 9 heteroatoms. The maximum Gasteiger partial charge on any atom is 0.355 e. The number of nitro groups is 1. The number of hydrogen-bond donors (Lipinski definition) is 2. The Labute approximate surface area is 205 Å². The number of carbonyl (C=O) groups is 1. The molecule has 3 aromatic rings. The van der Waals surface area contributed by atoms with E-state index in [1.807, 2.05) is 93.3 Å². The van der Waals surface area contributed by atoms with Gasteiger partial charge in [0.2, 0.25) is 17.5 Å². The number of aromatic nitrogens is 2. The first kappa shape index (κ1) is 25.6. The Morgan fingerprint density at radius 3 is 1.89 bits per heavy atom. The number of rotatable bonds is 11. The Balaban J connectivity index is 1.91. The number of nitrogens with one attached hydrogen (secondary N) is 2. The molecule has 2 aromatic carbocycles. The number of anilines is 2. The van der Waals surface area contributed by atoms with Crippen molar-refractivity contribution in [2.75, 3.05) is 23.4 Å². The van der Waals surface area contributed by atoms with Crippen LogP contribution in [0.2, 0.25) is 0 Å². The van der Waals surface area contributed by atoms with Crippen LogP contribution >= 0.6 is 0 Å². The van der Waals surface area contributed by atoms with E-state index in [1.54, 1.807) is 0 Å². The molecule has 0 aliphatic heterocycles. The van der Waals surface area contributed by atoms with E-state index in [9.17, 15) is 14.9 Å². The van der Waals surface area contributed by atoms with Gasteiger partial charge in [-0.1, -0.05) is 88.4 Å². The van der Waals surface area contributed by atoms with E-state index in [-0.39, 0.29) is 35.1 Å². The Morgan fingerprint density at radius 2 is 1.43 bits per heavy atom. The molecule has 0 unspecified atom stereocenters. The van der Waals surface area contributed by atoms with Crippen LogP contribution in [0.3, 0.4) is 0 Å². The molecule has 0 bridgehead atoms. The summed E-state index contributed by atoms with van der Waals surface area (Å²) in [6, 6.07) is 18.7. The van der Waals surface area contributed by atoms with E-state index in [4.69, 9.17) is 0 Å². The Kier molecular flexibility index (Phi) is 8.72. The third-order valence-electron chi connectivity index (χ3n) is 5.29. The Bertz CT molecular complexity index is 1070. The van der Waals surface area contributed by atoms with Crippen molar-refractivity contribution in [2.24, 2.45) is 11.8 Å². The smallest absolute Gasteiger partial charge is 0.350 e. The van der Waals surface area contributed by atoms with Gasteiger partial charge in [0.1, 0.15) is 6.33 Å². The summed E-state index contributed by atoms with van der Waals surface area (Å²) in [5.41, 5.74) is 6.66. The van der Waals surface area contributed by atoms with Crippen LogP contribution in [0, 0.1) is 22.0 Å². The fraction of sp³-hybridized carbons (Fsp3) is 0.346. The van der Waals surface area contributed by atoms with Crippen LogP contribution in [0.5, 0.6) is 0 Å². The zero-order chi connectivity index (χ0) is 25.4. The normalized spacial score (nSPS) is 11.1. The van der Waals surface area contributed by atoms with Gasteiger partial charge in [-0.25, -0.2) is 9.97 Å². The second-order valence-electron chi connectivity index (χ2n) is 9.21. The van der Waals surface area contributed by atoms with Gasteiger partial charge in [0.05, 0.1) is 10.8 Å². The molecule has 3 rings (SSSR count). The highest BCUT2D eigenvalue weighted by atomic mass is 16.6. The lowest BCUT2D eigenvalue weighted by atomic mass is 9.91. The van der Waals surface area contributed by atoms with Crippen LogP contribution in [-0.4, -0.2) is 33.9 Å². The molecular weight excluding hydrogens is 444 g/mol. The van der Waals surface area contributed by atoms with Gasteiger partial charge in [-0.2, -0.15) is 0 Å². The molecule has 0 atom stereocenters. The summed E-state index contributed by atoms with van der Waals surface area (Å²) in [7, 11) is 0. The van der Waals surface area contributed by atoms with Gasteiger partial charge in [0.15, 0.2) is 0 Å². The van der Waals surface area contributed by atoms with Crippen LogP contribution in [0.1, 0.15) is 44.7 Å². The van der Waals surface area contributed by atoms with Gasteiger partial charge < -0.3 is 4.90 Å². The maximum absolute atomic E-state index is 13.3. The van der Waals surface area contributed by atoms with E-state index in [1.165, 1.54) is 6.33 Å². The van der Waals surface area contributed by atoms with Gasteiger partial charge in [0, 0.05) is 13.1 Å². The van der Waals surface area contributed by atoms with Crippen LogP contribution in [0.15, 0.2) is 67.0 Å². The predicted octanol–water partition coefficient (Wildman–Crippen LogP) is 4.78. The quantitative estimate of drug-likeness (QED) is 0.302. The van der Waals surface area contributed by atoms with Crippen LogP contribution in [-0.2, 0) is 4.79 Å². The maximum atomic E-state index is 13.3. The van der Waals surface area contributed by atoms with Crippen molar-refractivity contribution in [3.8, 4) is 0 Å². The average Bonchev–Trinajstić information content (AvgIpc) is 2.83. The first-order valence-corrected chi connectivity index (χ1v) is 11.7. The predicted molar refractivity (Wildman–Crippen MR) is 137 cm³/mol. The van der Waals surface area contributed by atoms with Crippen molar-refractivity contribution < 1.29 is 9.72 Å². The van der Waals surface area contributed by atoms with E-state index in [0.29, 0.717) is 13.1 Å². The lowest BCUT2D eigenvalue weighted by molar-refractivity contribution is -0.383. The Hall–Kier alpha value is -4.01. The fourth-order valence-corrected chi connectivity index (χ4v) is 3.97. The van der Waals surface area contributed by atoms with E-state index in [0.717, 1.165) is 11.1 Å². The molecule has 1 heterocycles. The van der Waals surface area contributed by atoms with Crippen molar-refractivity contribution in [1.29, 1.82) is 0 Å². The lowest BCUT2D eigenvalue weighted by Crippen LogP contribution is -2.36. The molecule has 9 nitrogen and oxygen atoms in total. The van der Waals surface area contributed by atoms with Gasteiger partial charge in [-0.05, 0) is 23.0 Å². The monoisotopic (exact) mass is 476 g/mol. The summed E-state index contributed by atoms with van der Waals surface area (Å²) in [4.78, 5) is 35.1. The van der Waals surface area contributed by atoms with Crippen molar-refractivity contribution >= 4 is 23.2 Å². The SMILES string of the molecule is CC(C)CN(CC(C)C)c1ncnc(NNC(=O)C(c2ccccc2)c2ccccc2)c1[N+](=O)[O-]. The zero-order valence-electron chi connectivity index (χ0n) is 20.5. The minimum atomic E-state index is -0.608. The van der Waals surface area contributed by atoms with Gasteiger partial charge >= 0.3 is 5.69 Å². The summed E-state index contributed by atoms with van der Waals surface area (Å²) in [6.45, 7) is 9.40. The standard InChI is InChI=1S/C26H32N6O3/c1-18(2)15-31(16-19(3)4)25-23(32(34)35)24(27-17-28-25)29-30-26(33)22(20-11-7-5-8-12-20)21-13-9-6-10-14-21/h5-14,17-19,22H,15-16H2,1-4H3,(H,30,33)(H,27,28,29). The number of nitrogens with zero attached hydrogens (tertiary/aromatic N) is 4. The molecule has 0 saturated heterocycles. The van der Waals surface area contributed by atoms with Crippen molar-refractivity contribution in [3.05, 3.63) is 88.2 Å². The van der Waals surface area contributed by atoms with Crippen molar-refractivity contribution in [3.63, 3.8) is 0 Å². The van der Waals surface area contributed by atoms with Crippen LogP contribution < -0.4 is 15.8 Å². The first-order chi connectivity index (χ1) is 16.8. The van der Waals surface area contributed by atoms with Gasteiger partial charge in [-0.3, -0.25) is 25.8 Å². The summed E-state index contributed by atoms with van der Waals surface area (Å²) in [6.07, 6.45) is 1.27. The first-order valence-electron chi connectivity index (χ1n) is 11.7. The second kappa shape index (κ2) is 11.9. The zero-order valence-corrected chi connectivity index (χ0v) is 20.5. The molecule has 0 radical (unpaired) electrons.